The van der Waals surface area contributed by atoms with Crippen LogP contribution in [0.3, 0.4) is 0 Å². The van der Waals surface area contributed by atoms with Gasteiger partial charge in [-0.3, -0.25) is 9.80 Å². The Labute approximate surface area is 185 Å². The Morgan fingerprint density at radius 1 is 0.767 bits per heavy atom. The molecular formula is C26H44N4. The molecule has 2 saturated heterocycles. The molecule has 2 fully saturated rings. The van der Waals surface area contributed by atoms with Gasteiger partial charge in [0.05, 0.1) is 6.07 Å². The molecule has 1 atom stereocenters. The summed E-state index contributed by atoms with van der Waals surface area (Å²) in [6.07, 6.45) is 10.5. The maximum absolute atomic E-state index is 8.95. The highest BCUT2D eigenvalue weighted by Crippen LogP contribution is 2.30. The predicted molar refractivity (Wildman–Crippen MR) is 127 cm³/mol. The highest BCUT2D eigenvalue weighted by Gasteiger charge is 2.34. The minimum Gasteiger partial charge on any atom is -0.322 e. The standard InChI is InChI=1S/C16H26N2.C10H18N2/c1-16(2,18-12-8-3-4-9-13-18)15(17)14-10-6-5-7-11-14;1-10(2,9-11)12-7-5-3-4-6-8-12/h5-7,10-11,15H,3-4,8-9,12-13,17H2,1-2H3;3-8H2,1-2H3. The second-order valence-corrected chi connectivity index (χ2v) is 10.0. The lowest BCUT2D eigenvalue weighted by molar-refractivity contribution is 0.0980. The highest BCUT2D eigenvalue weighted by molar-refractivity contribution is 5.22. The zero-order valence-corrected chi connectivity index (χ0v) is 19.9. The summed E-state index contributed by atoms with van der Waals surface area (Å²) in [6, 6.07) is 12.9. The molecule has 2 aliphatic heterocycles. The van der Waals surface area contributed by atoms with Crippen LogP contribution in [-0.4, -0.2) is 47.1 Å². The number of nitriles is 1. The van der Waals surface area contributed by atoms with Gasteiger partial charge in [-0.05, 0) is 85.1 Å². The summed E-state index contributed by atoms with van der Waals surface area (Å²) in [5.41, 5.74) is 7.53. The lowest BCUT2D eigenvalue weighted by atomic mass is 9.87. The predicted octanol–water partition coefficient (Wildman–Crippen LogP) is 5.51. The Hall–Kier alpha value is -1.41. The van der Waals surface area contributed by atoms with E-state index in [0.717, 1.165) is 13.1 Å². The van der Waals surface area contributed by atoms with Gasteiger partial charge in [0.1, 0.15) is 5.54 Å². The van der Waals surface area contributed by atoms with Gasteiger partial charge in [-0.25, -0.2) is 0 Å². The first-order chi connectivity index (χ1) is 14.3. The topological polar surface area (TPSA) is 56.3 Å². The summed E-state index contributed by atoms with van der Waals surface area (Å²) >= 11 is 0. The van der Waals surface area contributed by atoms with Crippen molar-refractivity contribution in [2.45, 2.75) is 96.2 Å². The third-order valence-corrected chi connectivity index (χ3v) is 7.01. The van der Waals surface area contributed by atoms with Crippen molar-refractivity contribution in [1.29, 1.82) is 5.26 Å². The molecule has 0 saturated carbocycles. The monoisotopic (exact) mass is 412 g/mol. The van der Waals surface area contributed by atoms with Gasteiger partial charge in [-0.2, -0.15) is 5.26 Å². The Kier molecular flexibility index (Phi) is 9.81. The van der Waals surface area contributed by atoms with Crippen LogP contribution in [0.4, 0.5) is 0 Å². The van der Waals surface area contributed by atoms with Gasteiger partial charge in [0.2, 0.25) is 0 Å². The van der Waals surface area contributed by atoms with Crippen molar-refractivity contribution in [2.75, 3.05) is 26.2 Å². The van der Waals surface area contributed by atoms with E-state index in [-0.39, 0.29) is 17.1 Å². The Morgan fingerprint density at radius 2 is 1.20 bits per heavy atom. The van der Waals surface area contributed by atoms with Crippen molar-refractivity contribution >= 4 is 0 Å². The third kappa shape index (κ3) is 7.08. The van der Waals surface area contributed by atoms with Crippen molar-refractivity contribution in [3.8, 4) is 6.07 Å². The maximum Gasteiger partial charge on any atom is 0.103 e. The molecule has 4 heteroatoms. The molecule has 2 N–H and O–H groups in total. The first-order valence-electron chi connectivity index (χ1n) is 12.0. The van der Waals surface area contributed by atoms with Crippen LogP contribution in [-0.2, 0) is 0 Å². The summed E-state index contributed by atoms with van der Waals surface area (Å²) in [5, 5.41) is 8.95. The molecule has 0 radical (unpaired) electrons. The molecule has 0 aromatic heterocycles. The van der Waals surface area contributed by atoms with Crippen LogP contribution < -0.4 is 5.73 Å². The van der Waals surface area contributed by atoms with Crippen LogP contribution in [0.2, 0.25) is 0 Å². The summed E-state index contributed by atoms with van der Waals surface area (Å²) < 4.78 is 0. The molecule has 4 nitrogen and oxygen atoms in total. The van der Waals surface area contributed by atoms with E-state index in [2.05, 4.69) is 60.0 Å². The molecule has 2 heterocycles. The van der Waals surface area contributed by atoms with Crippen molar-refractivity contribution in [3.05, 3.63) is 35.9 Å². The third-order valence-electron chi connectivity index (χ3n) is 7.01. The van der Waals surface area contributed by atoms with Crippen LogP contribution >= 0.6 is 0 Å². The van der Waals surface area contributed by atoms with Crippen molar-refractivity contribution in [2.24, 2.45) is 5.73 Å². The van der Waals surface area contributed by atoms with E-state index in [1.54, 1.807) is 0 Å². The first kappa shape index (κ1) is 24.9. The van der Waals surface area contributed by atoms with Gasteiger partial charge in [-0.15, -0.1) is 0 Å². The summed E-state index contributed by atoms with van der Waals surface area (Å²) in [7, 11) is 0. The van der Waals surface area contributed by atoms with Crippen LogP contribution in [0.5, 0.6) is 0 Å². The zero-order valence-electron chi connectivity index (χ0n) is 19.9. The highest BCUT2D eigenvalue weighted by atomic mass is 15.2. The maximum atomic E-state index is 8.95. The molecule has 1 aromatic carbocycles. The largest absolute Gasteiger partial charge is 0.322 e. The van der Waals surface area contributed by atoms with Crippen molar-refractivity contribution in [1.82, 2.24) is 9.80 Å². The minimum atomic E-state index is -0.260. The molecular weight excluding hydrogens is 368 g/mol. The van der Waals surface area contributed by atoms with E-state index in [1.165, 1.54) is 70.0 Å². The van der Waals surface area contributed by atoms with Gasteiger partial charge >= 0.3 is 0 Å². The van der Waals surface area contributed by atoms with Crippen molar-refractivity contribution in [3.63, 3.8) is 0 Å². The zero-order chi connectivity index (χ0) is 22.0. The van der Waals surface area contributed by atoms with E-state index in [4.69, 9.17) is 11.0 Å². The normalized spacial score (nSPS) is 20.8. The Balaban J connectivity index is 0.000000232. The molecule has 1 aromatic rings. The Morgan fingerprint density at radius 3 is 1.63 bits per heavy atom. The molecule has 0 aliphatic carbocycles. The second-order valence-electron chi connectivity index (χ2n) is 10.0. The lowest BCUT2D eigenvalue weighted by Crippen LogP contribution is -2.51. The molecule has 2 aliphatic rings. The molecule has 3 rings (SSSR count). The number of benzene rings is 1. The number of nitrogens with two attached hydrogens (primary N) is 1. The number of hydrogen-bond donors (Lipinski definition) is 1. The summed E-state index contributed by atoms with van der Waals surface area (Å²) in [5.74, 6) is 0. The number of rotatable bonds is 4. The summed E-state index contributed by atoms with van der Waals surface area (Å²) in [4.78, 5) is 4.89. The fraction of sp³-hybridized carbons (Fsp3) is 0.731. The SMILES string of the molecule is CC(C)(C#N)N1CCCCCC1.CC(C)(C(N)c1ccccc1)N1CCCCCC1. The molecule has 0 amide bonds. The van der Waals surface area contributed by atoms with Gasteiger partial charge in [-0.1, -0.05) is 56.0 Å². The van der Waals surface area contributed by atoms with E-state index in [9.17, 15) is 0 Å². The summed E-state index contributed by atoms with van der Waals surface area (Å²) in [6.45, 7) is 13.2. The smallest absolute Gasteiger partial charge is 0.103 e. The van der Waals surface area contributed by atoms with Gasteiger partial charge in [0.25, 0.3) is 0 Å². The fourth-order valence-electron chi connectivity index (χ4n) is 4.61. The van der Waals surface area contributed by atoms with Crippen LogP contribution in [0.1, 0.15) is 90.7 Å². The van der Waals surface area contributed by atoms with Crippen molar-refractivity contribution < 1.29 is 0 Å². The fourth-order valence-corrected chi connectivity index (χ4v) is 4.61. The number of nitrogens with zero attached hydrogens (tertiary/aromatic N) is 3. The van der Waals surface area contributed by atoms with Crippen LogP contribution in [0.15, 0.2) is 30.3 Å². The number of likely N-dealkylation sites (tertiary alicyclic amines) is 2. The second kappa shape index (κ2) is 11.8. The average Bonchev–Trinajstić information content (AvgIpc) is 3.20. The van der Waals surface area contributed by atoms with E-state index >= 15 is 0 Å². The molecule has 1 unspecified atom stereocenters. The Bertz CT molecular complexity index is 631. The van der Waals surface area contributed by atoms with E-state index < -0.39 is 0 Å². The molecule has 168 valence electrons. The van der Waals surface area contributed by atoms with Gasteiger partial charge in [0, 0.05) is 11.6 Å². The molecule has 0 spiro atoms. The molecule has 0 bridgehead atoms. The van der Waals surface area contributed by atoms with E-state index in [1.807, 2.05) is 13.8 Å². The van der Waals surface area contributed by atoms with Crippen LogP contribution in [0.25, 0.3) is 0 Å². The quantitative estimate of drug-likeness (QED) is 0.709. The van der Waals surface area contributed by atoms with Crippen LogP contribution in [0, 0.1) is 11.3 Å². The lowest BCUT2D eigenvalue weighted by Gasteiger charge is -2.42. The first-order valence-corrected chi connectivity index (χ1v) is 12.0. The average molecular weight is 413 g/mol. The van der Waals surface area contributed by atoms with Gasteiger partial charge in [0.15, 0.2) is 0 Å². The number of hydrogen-bond acceptors (Lipinski definition) is 4. The van der Waals surface area contributed by atoms with E-state index in [0.29, 0.717) is 0 Å². The minimum absolute atomic E-state index is 0.0334. The van der Waals surface area contributed by atoms with Gasteiger partial charge < -0.3 is 5.73 Å². The molecule has 30 heavy (non-hydrogen) atoms.